The maximum Gasteiger partial charge on any atom is 0.234 e. The molecule has 3 aromatic rings. The highest BCUT2D eigenvalue weighted by atomic mass is 32.2. The van der Waals surface area contributed by atoms with Gasteiger partial charge in [0.1, 0.15) is 16.6 Å². The summed E-state index contributed by atoms with van der Waals surface area (Å²) in [5.74, 6) is 1.85. The maximum atomic E-state index is 12.5. The molecule has 27 heavy (non-hydrogen) atoms. The van der Waals surface area contributed by atoms with E-state index in [1.165, 1.54) is 11.8 Å². The van der Waals surface area contributed by atoms with E-state index in [1.54, 1.807) is 0 Å². The molecule has 1 N–H and O–H groups in total. The molecule has 0 atom stereocenters. The number of nitrogens with one attached hydrogen (secondary N) is 1. The highest BCUT2D eigenvalue weighted by molar-refractivity contribution is 8.00. The first-order valence-electron chi connectivity index (χ1n) is 8.99. The molecule has 0 aliphatic heterocycles. The second kappa shape index (κ2) is 8.86. The van der Waals surface area contributed by atoms with Crippen molar-refractivity contribution in [3.8, 4) is 5.75 Å². The van der Waals surface area contributed by atoms with Gasteiger partial charge in [-0.25, -0.2) is 9.97 Å². The Morgan fingerprint density at radius 3 is 2.63 bits per heavy atom. The van der Waals surface area contributed by atoms with Crippen molar-refractivity contribution in [3.05, 3.63) is 54.4 Å². The van der Waals surface area contributed by atoms with Gasteiger partial charge >= 0.3 is 0 Å². The van der Waals surface area contributed by atoms with E-state index >= 15 is 0 Å². The molecule has 0 aliphatic carbocycles. The standard InChI is InChI=1S/C21H23N3O2S/c1-4-26-18-12-8-7-11-17(18)22-19(25)13-27-21-15-9-5-6-10-16(15)23-20(24-21)14(2)3/h5-12,14H,4,13H2,1-3H3,(H,22,25). The molecule has 0 aliphatic rings. The van der Waals surface area contributed by atoms with Gasteiger partial charge in [0.05, 0.1) is 23.6 Å². The summed E-state index contributed by atoms with van der Waals surface area (Å²) in [6, 6.07) is 15.3. The van der Waals surface area contributed by atoms with Gasteiger partial charge in [0.2, 0.25) is 5.91 Å². The molecule has 5 nitrogen and oxygen atoms in total. The minimum atomic E-state index is -0.0963. The third-order valence-electron chi connectivity index (χ3n) is 3.90. The topological polar surface area (TPSA) is 64.1 Å². The molecule has 0 spiro atoms. The predicted molar refractivity (Wildman–Crippen MR) is 111 cm³/mol. The van der Waals surface area contributed by atoms with Gasteiger partial charge < -0.3 is 10.1 Å². The van der Waals surface area contributed by atoms with Gasteiger partial charge in [0, 0.05) is 11.3 Å². The smallest absolute Gasteiger partial charge is 0.234 e. The molecule has 140 valence electrons. The van der Waals surface area contributed by atoms with E-state index < -0.39 is 0 Å². The number of aromatic nitrogens is 2. The molecular formula is C21H23N3O2S. The highest BCUT2D eigenvalue weighted by Gasteiger charge is 2.13. The second-order valence-electron chi connectivity index (χ2n) is 6.32. The number of anilines is 1. The summed E-state index contributed by atoms with van der Waals surface area (Å²) in [5, 5.41) is 4.72. The van der Waals surface area contributed by atoms with E-state index in [-0.39, 0.29) is 17.6 Å². The Bertz CT molecular complexity index is 944. The van der Waals surface area contributed by atoms with Crippen LogP contribution < -0.4 is 10.1 Å². The molecule has 0 fully saturated rings. The fraction of sp³-hybridized carbons (Fsp3) is 0.286. The number of thioether (sulfide) groups is 1. The molecule has 1 aromatic heterocycles. The SMILES string of the molecule is CCOc1ccccc1NC(=O)CSc1nc(C(C)C)nc2ccccc12. The molecule has 0 saturated heterocycles. The summed E-state index contributed by atoms with van der Waals surface area (Å²) >= 11 is 1.42. The number of benzene rings is 2. The first-order valence-corrected chi connectivity index (χ1v) is 9.98. The number of fused-ring (bicyclic) bond motifs is 1. The number of rotatable bonds is 7. The molecule has 0 saturated carbocycles. The fourth-order valence-electron chi connectivity index (χ4n) is 2.60. The number of hydrogen-bond acceptors (Lipinski definition) is 5. The van der Waals surface area contributed by atoms with Gasteiger partial charge in [-0.15, -0.1) is 0 Å². The number of amides is 1. The van der Waals surface area contributed by atoms with Gasteiger partial charge in [0.25, 0.3) is 0 Å². The van der Waals surface area contributed by atoms with Crippen LogP contribution in [-0.2, 0) is 4.79 Å². The minimum absolute atomic E-state index is 0.0963. The zero-order chi connectivity index (χ0) is 19.2. The zero-order valence-electron chi connectivity index (χ0n) is 15.7. The molecule has 1 heterocycles. The molecule has 2 aromatic carbocycles. The minimum Gasteiger partial charge on any atom is -0.492 e. The second-order valence-corrected chi connectivity index (χ2v) is 7.29. The largest absolute Gasteiger partial charge is 0.492 e. The van der Waals surface area contributed by atoms with Gasteiger partial charge in [-0.1, -0.05) is 55.9 Å². The Morgan fingerprint density at radius 2 is 1.85 bits per heavy atom. The van der Waals surface area contributed by atoms with E-state index in [0.717, 1.165) is 21.8 Å². The van der Waals surface area contributed by atoms with Crippen molar-refractivity contribution >= 4 is 34.3 Å². The van der Waals surface area contributed by atoms with Crippen molar-refractivity contribution in [2.45, 2.75) is 31.7 Å². The normalized spacial score (nSPS) is 11.0. The number of nitrogens with zero attached hydrogens (tertiary/aromatic N) is 2. The van der Waals surface area contributed by atoms with Crippen LogP contribution in [0.2, 0.25) is 0 Å². The third kappa shape index (κ3) is 4.77. The van der Waals surface area contributed by atoms with Gasteiger partial charge in [-0.2, -0.15) is 0 Å². The van der Waals surface area contributed by atoms with Crippen LogP contribution in [-0.4, -0.2) is 28.2 Å². The summed E-state index contributed by atoms with van der Waals surface area (Å²) in [5.41, 5.74) is 1.58. The molecule has 0 unspecified atom stereocenters. The number of carbonyl (C=O) groups excluding carboxylic acids is 1. The molecule has 1 amide bonds. The van der Waals surface area contributed by atoms with Crippen LogP contribution in [0, 0.1) is 0 Å². The Labute approximate surface area is 163 Å². The predicted octanol–water partition coefficient (Wildman–Crippen LogP) is 4.88. The van der Waals surface area contributed by atoms with Crippen molar-refractivity contribution in [2.75, 3.05) is 17.7 Å². The lowest BCUT2D eigenvalue weighted by Gasteiger charge is -2.12. The van der Waals surface area contributed by atoms with Crippen LogP contribution in [0.4, 0.5) is 5.69 Å². The Kier molecular flexibility index (Phi) is 6.29. The van der Waals surface area contributed by atoms with Crippen LogP contribution >= 0.6 is 11.8 Å². The lowest BCUT2D eigenvalue weighted by molar-refractivity contribution is -0.113. The van der Waals surface area contributed by atoms with Gasteiger partial charge in [0.15, 0.2) is 0 Å². The Balaban J connectivity index is 1.76. The average Bonchev–Trinajstić information content (AvgIpc) is 2.67. The first kappa shape index (κ1) is 19.2. The molecule has 0 radical (unpaired) electrons. The van der Waals surface area contributed by atoms with Crippen molar-refractivity contribution < 1.29 is 9.53 Å². The van der Waals surface area contributed by atoms with Crippen LogP contribution in [0.25, 0.3) is 10.9 Å². The monoisotopic (exact) mass is 381 g/mol. The quantitative estimate of drug-likeness (QED) is 0.467. The fourth-order valence-corrected chi connectivity index (χ4v) is 3.43. The van der Waals surface area contributed by atoms with Gasteiger partial charge in [-0.3, -0.25) is 4.79 Å². The number of hydrogen-bond donors (Lipinski definition) is 1. The van der Waals surface area contributed by atoms with E-state index in [2.05, 4.69) is 29.1 Å². The molecule has 6 heteroatoms. The molecule has 3 rings (SSSR count). The third-order valence-corrected chi connectivity index (χ3v) is 4.89. The number of ether oxygens (including phenoxy) is 1. The van der Waals surface area contributed by atoms with Crippen molar-refractivity contribution in [1.29, 1.82) is 0 Å². The van der Waals surface area contributed by atoms with E-state index in [0.29, 0.717) is 18.0 Å². The van der Waals surface area contributed by atoms with Crippen molar-refractivity contribution in [1.82, 2.24) is 9.97 Å². The summed E-state index contributed by atoms with van der Waals surface area (Å²) in [4.78, 5) is 21.8. The lowest BCUT2D eigenvalue weighted by atomic mass is 10.2. The number of carbonyl (C=O) groups is 1. The first-order chi connectivity index (χ1) is 13.1. The van der Waals surface area contributed by atoms with E-state index in [9.17, 15) is 4.79 Å². The number of para-hydroxylation sites is 3. The average molecular weight is 382 g/mol. The Morgan fingerprint density at radius 1 is 1.11 bits per heavy atom. The summed E-state index contributed by atoms with van der Waals surface area (Å²) in [6.45, 7) is 6.60. The maximum absolute atomic E-state index is 12.5. The van der Waals surface area contributed by atoms with Crippen LogP contribution in [0.5, 0.6) is 5.75 Å². The van der Waals surface area contributed by atoms with Gasteiger partial charge in [-0.05, 0) is 25.1 Å². The van der Waals surface area contributed by atoms with E-state index in [1.807, 2.05) is 55.5 Å². The lowest BCUT2D eigenvalue weighted by Crippen LogP contribution is -2.15. The van der Waals surface area contributed by atoms with Crippen LogP contribution in [0.3, 0.4) is 0 Å². The summed E-state index contributed by atoms with van der Waals surface area (Å²) in [6.07, 6.45) is 0. The Hall–Kier alpha value is -2.60. The summed E-state index contributed by atoms with van der Waals surface area (Å²) < 4.78 is 5.56. The van der Waals surface area contributed by atoms with Crippen LogP contribution in [0.15, 0.2) is 53.6 Å². The van der Waals surface area contributed by atoms with Crippen molar-refractivity contribution in [2.24, 2.45) is 0 Å². The highest BCUT2D eigenvalue weighted by Crippen LogP contribution is 2.28. The van der Waals surface area contributed by atoms with Crippen LogP contribution in [0.1, 0.15) is 32.5 Å². The molecule has 0 bridgehead atoms. The zero-order valence-corrected chi connectivity index (χ0v) is 16.5. The van der Waals surface area contributed by atoms with E-state index in [4.69, 9.17) is 4.74 Å². The summed E-state index contributed by atoms with van der Waals surface area (Å²) in [7, 11) is 0. The molecular weight excluding hydrogens is 358 g/mol. The van der Waals surface area contributed by atoms with Crippen molar-refractivity contribution in [3.63, 3.8) is 0 Å².